The number of aliphatic imine (C=N–C) groups is 1. The number of rotatable bonds is 6. The van der Waals surface area contributed by atoms with Crippen molar-refractivity contribution in [1.29, 1.82) is 5.41 Å². The molecule has 0 radical (unpaired) electrons. The van der Waals surface area contributed by atoms with Crippen molar-refractivity contribution in [3.05, 3.63) is 285 Å². The molecule has 0 saturated carbocycles. The number of nitrogens with zero attached hydrogens (tertiary/aromatic N) is 1. The molecule has 1 spiro atoms. The first-order valence-electron chi connectivity index (χ1n) is 23.7. The van der Waals surface area contributed by atoms with E-state index >= 15 is 0 Å². The first-order valence-corrected chi connectivity index (χ1v) is 23.7. The van der Waals surface area contributed by atoms with Crippen LogP contribution in [0.1, 0.15) is 87.9 Å². The molecule has 340 valence electrons. The molecule has 0 fully saturated rings. The molecule has 11 rings (SSSR count). The SMILES string of the molecule is C=N.C=NCc1ccccc1.CC1(C)c2ccccc2C2(c3ccc(CC4=CCCC=C4)cc3-c3c(CN)cccc32)c2ccccc21.Cc1ccc(-c2ccccc2)cc1.Cc1ccccc1. The van der Waals surface area contributed by atoms with Crippen LogP contribution in [0.3, 0.4) is 0 Å². The number of fused-ring (bicyclic) bond motifs is 9. The van der Waals surface area contributed by atoms with E-state index in [0.717, 1.165) is 25.8 Å². The van der Waals surface area contributed by atoms with Gasteiger partial charge in [0.05, 0.1) is 12.0 Å². The molecule has 3 nitrogen and oxygen atoms in total. The molecular formula is C65H65N3. The Morgan fingerprint density at radius 1 is 0.529 bits per heavy atom. The average molecular weight is 888 g/mol. The minimum atomic E-state index is -0.346. The Morgan fingerprint density at radius 2 is 1.06 bits per heavy atom. The molecule has 0 heterocycles. The van der Waals surface area contributed by atoms with Crippen LogP contribution in [0, 0.1) is 19.3 Å². The van der Waals surface area contributed by atoms with Gasteiger partial charge in [0.15, 0.2) is 0 Å². The second-order valence-electron chi connectivity index (χ2n) is 18.1. The van der Waals surface area contributed by atoms with Gasteiger partial charge in [0, 0.05) is 12.0 Å². The van der Waals surface area contributed by atoms with Gasteiger partial charge in [0.25, 0.3) is 0 Å². The molecule has 0 aliphatic heterocycles. The quantitative estimate of drug-likeness (QED) is 0.161. The summed E-state index contributed by atoms with van der Waals surface area (Å²) in [6.45, 7) is 16.1. The van der Waals surface area contributed by atoms with Crippen LogP contribution in [0.5, 0.6) is 0 Å². The number of nitrogens with two attached hydrogens (primary N) is 1. The number of nitrogens with one attached hydrogen (secondary N) is 1. The lowest BCUT2D eigenvalue weighted by atomic mass is 9.55. The predicted octanol–water partition coefficient (Wildman–Crippen LogP) is 15.8. The summed E-state index contributed by atoms with van der Waals surface area (Å²) in [7, 11) is 0. The van der Waals surface area contributed by atoms with E-state index in [9.17, 15) is 0 Å². The van der Waals surface area contributed by atoms with Crippen molar-refractivity contribution >= 4 is 13.4 Å². The highest BCUT2D eigenvalue weighted by Gasteiger charge is 2.53. The summed E-state index contributed by atoms with van der Waals surface area (Å²) >= 11 is 0. The summed E-state index contributed by atoms with van der Waals surface area (Å²) in [6, 6.07) is 71.6. The Morgan fingerprint density at radius 3 is 1.60 bits per heavy atom. The monoisotopic (exact) mass is 888 g/mol. The summed E-state index contributed by atoms with van der Waals surface area (Å²) in [5.41, 5.74) is 27.4. The highest BCUT2D eigenvalue weighted by atomic mass is 14.7. The van der Waals surface area contributed by atoms with E-state index in [1.54, 1.807) is 0 Å². The molecule has 0 aromatic heterocycles. The van der Waals surface area contributed by atoms with Gasteiger partial charge in [-0.25, -0.2) is 0 Å². The van der Waals surface area contributed by atoms with E-state index in [-0.39, 0.29) is 10.8 Å². The lowest BCUT2D eigenvalue weighted by Gasteiger charge is -2.46. The van der Waals surface area contributed by atoms with Gasteiger partial charge in [0.2, 0.25) is 0 Å². The fourth-order valence-electron chi connectivity index (χ4n) is 10.0. The maximum Gasteiger partial charge on any atom is 0.0719 e. The van der Waals surface area contributed by atoms with E-state index in [1.165, 1.54) is 89.0 Å². The van der Waals surface area contributed by atoms with Crippen molar-refractivity contribution in [3.63, 3.8) is 0 Å². The summed E-state index contributed by atoms with van der Waals surface area (Å²) in [5, 5.41) is 5.50. The Bertz CT molecular complexity index is 2910. The Balaban J connectivity index is 0.000000178. The molecule has 0 unspecified atom stereocenters. The molecule has 0 atom stereocenters. The maximum atomic E-state index is 6.40. The van der Waals surface area contributed by atoms with Gasteiger partial charge in [-0.1, -0.05) is 243 Å². The lowest BCUT2D eigenvalue weighted by Crippen LogP contribution is -2.40. The number of benzene rings is 8. The molecule has 0 amide bonds. The minimum absolute atomic E-state index is 0.0768. The van der Waals surface area contributed by atoms with E-state index in [1.807, 2.05) is 54.6 Å². The van der Waals surface area contributed by atoms with Gasteiger partial charge >= 0.3 is 0 Å². The molecule has 0 bridgehead atoms. The molecule has 8 aromatic rings. The number of hydrogen-bond donors (Lipinski definition) is 2. The van der Waals surface area contributed by atoms with Gasteiger partial charge in [-0.15, -0.1) is 0 Å². The number of allylic oxidation sites excluding steroid dienone is 4. The third kappa shape index (κ3) is 10.4. The summed E-state index contributed by atoms with van der Waals surface area (Å²) in [6.07, 6.45) is 10.3. The zero-order valence-corrected chi connectivity index (χ0v) is 40.3. The van der Waals surface area contributed by atoms with E-state index in [0.29, 0.717) is 6.54 Å². The Kier molecular flexibility index (Phi) is 16.3. The topological polar surface area (TPSA) is 62.2 Å². The van der Waals surface area contributed by atoms with Crippen LogP contribution < -0.4 is 5.73 Å². The molecule has 0 saturated heterocycles. The van der Waals surface area contributed by atoms with E-state index in [4.69, 9.17) is 11.1 Å². The first kappa shape index (κ1) is 48.5. The van der Waals surface area contributed by atoms with Crippen molar-refractivity contribution < 1.29 is 0 Å². The van der Waals surface area contributed by atoms with Gasteiger partial charge in [-0.2, -0.15) is 0 Å². The molecule has 3 aliphatic carbocycles. The fraction of sp³-hybridized carbons (Fsp3) is 0.169. The van der Waals surface area contributed by atoms with Crippen LogP contribution in [0.15, 0.2) is 229 Å². The third-order valence-electron chi connectivity index (χ3n) is 13.3. The van der Waals surface area contributed by atoms with Gasteiger partial charge < -0.3 is 11.1 Å². The zero-order chi connectivity index (χ0) is 47.9. The Hall–Kier alpha value is -7.46. The molecule has 3 heteroatoms. The highest BCUT2D eigenvalue weighted by Crippen LogP contribution is 2.62. The van der Waals surface area contributed by atoms with Crippen LogP contribution in [0.4, 0.5) is 0 Å². The minimum Gasteiger partial charge on any atom is -0.326 e. The van der Waals surface area contributed by atoms with Crippen LogP contribution in [-0.2, 0) is 30.3 Å². The van der Waals surface area contributed by atoms with Crippen molar-refractivity contribution in [2.24, 2.45) is 10.7 Å². The molecule has 3 N–H and O–H groups in total. The van der Waals surface area contributed by atoms with Crippen LogP contribution in [0.25, 0.3) is 22.3 Å². The van der Waals surface area contributed by atoms with Crippen molar-refractivity contribution in [1.82, 2.24) is 0 Å². The second kappa shape index (κ2) is 22.8. The van der Waals surface area contributed by atoms with Gasteiger partial charge in [-0.05, 0) is 124 Å². The molecular weight excluding hydrogens is 823 g/mol. The molecule has 3 aliphatic rings. The van der Waals surface area contributed by atoms with Gasteiger partial charge in [0.1, 0.15) is 0 Å². The largest absolute Gasteiger partial charge is 0.326 e. The highest BCUT2D eigenvalue weighted by molar-refractivity contribution is 5.90. The maximum absolute atomic E-state index is 6.40. The van der Waals surface area contributed by atoms with Crippen molar-refractivity contribution in [3.8, 4) is 22.3 Å². The fourth-order valence-corrected chi connectivity index (χ4v) is 10.0. The van der Waals surface area contributed by atoms with Crippen LogP contribution in [-0.4, -0.2) is 13.4 Å². The lowest BCUT2D eigenvalue weighted by molar-refractivity contribution is 0.563. The second-order valence-corrected chi connectivity index (χ2v) is 18.1. The standard InChI is InChI=1S/C36H33N.C13H12.C8H9N.C7H8.CH3N/c1-35(2)29-14-6-8-16-31(29)36(32-17-9-7-15-30(32)35)28-20-19-25(21-24-11-4-3-5-12-24)22-27(28)34-26(23-37)13-10-18-33(34)36;1-11-7-9-13(10-8-11)12-5-3-2-4-6-12;1-9-7-8-5-3-2-4-6-8;1-7-5-3-2-4-6-7;1-2/h4,6-20,22H,3,5,21,23,37H2,1-2H3;2-10H,1H3;2-6H,1,7H2;2-6H,1H3;2H,1H2. The zero-order valence-electron chi connectivity index (χ0n) is 40.3. The van der Waals surface area contributed by atoms with Crippen molar-refractivity contribution in [2.75, 3.05) is 0 Å². The predicted molar refractivity (Wildman–Crippen MR) is 291 cm³/mol. The van der Waals surface area contributed by atoms with Crippen LogP contribution in [0.2, 0.25) is 0 Å². The number of hydrogen-bond acceptors (Lipinski definition) is 3. The molecule has 68 heavy (non-hydrogen) atoms. The third-order valence-corrected chi connectivity index (χ3v) is 13.3. The normalized spacial score (nSPS) is 13.6. The first-order chi connectivity index (χ1) is 33.2. The summed E-state index contributed by atoms with van der Waals surface area (Å²) in [5.74, 6) is 0. The van der Waals surface area contributed by atoms with Gasteiger partial charge in [-0.3, -0.25) is 4.99 Å². The summed E-state index contributed by atoms with van der Waals surface area (Å²) in [4.78, 5) is 3.76. The molecule has 8 aromatic carbocycles. The summed E-state index contributed by atoms with van der Waals surface area (Å²) < 4.78 is 0. The smallest absolute Gasteiger partial charge is 0.0719 e. The Labute approximate surface area is 406 Å². The van der Waals surface area contributed by atoms with E-state index in [2.05, 4.69) is 210 Å². The average Bonchev–Trinajstić information content (AvgIpc) is 3.69. The van der Waals surface area contributed by atoms with Crippen molar-refractivity contribution in [2.45, 2.75) is 70.9 Å². The van der Waals surface area contributed by atoms with Crippen LogP contribution >= 0.6 is 0 Å². The number of aryl methyl sites for hydroxylation is 2. The van der Waals surface area contributed by atoms with E-state index < -0.39 is 0 Å².